The van der Waals surface area contributed by atoms with E-state index >= 15 is 0 Å². The molecule has 0 aromatic carbocycles. The third kappa shape index (κ3) is 8.29. The largest absolute Gasteiger partial charge is 0.379 e. The topological polar surface area (TPSA) is 53.7 Å². The summed E-state index contributed by atoms with van der Waals surface area (Å²) in [7, 11) is 0. The summed E-state index contributed by atoms with van der Waals surface area (Å²) in [4.78, 5) is 0. The fourth-order valence-electron chi connectivity index (χ4n) is 1.25. The summed E-state index contributed by atoms with van der Waals surface area (Å²) >= 11 is 1.72. The summed E-state index contributed by atoms with van der Waals surface area (Å²) in [5, 5.41) is 4.23. The lowest BCUT2D eigenvalue weighted by atomic mass is 10.3. The quantitative estimate of drug-likeness (QED) is 0.609. The van der Waals surface area contributed by atoms with Crippen molar-refractivity contribution < 1.29 is 14.2 Å². The molecule has 0 aliphatic rings. The van der Waals surface area contributed by atoms with Gasteiger partial charge in [0, 0.05) is 6.54 Å². The summed E-state index contributed by atoms with van der Waals surface area (Å²) in [6, 6.07) is 2.12. The van der Waals surface area contributed by atoms with E-state index in [-0.39, 0.29) is 0 Å². The molecular formula is C12H21NO3S. The molecule has 0 aliphatic heterocycles. The molecule has 17 heavy (non-hydrogen) atoms. The van der Waals surface area contributed by atoms with Crippen LogP contribution in [0.4, 0.5) is 0 Å². The van der Waals surface area contributed by atoms with Crippen LogP contribution >= 0.6 is 11.3 Å². The Bertz CT molecular complexity index is 254. The van der Waals surface area contributed by atoms with E-state index in [1.165, 1.54) is 5.56 Å². The summed E-state index contributed by atoms with van der Waals surface area (Å²) in [5.41, 5.74) is 6.62. The van der Waals surface area contributed by atoms with E-state index < -0.39 is 0 Å². The normalized spacial score (nSPS) is 10.9. The monoisotopic (exact) mass is 259 g/mol. The van der Waals surface area contributed by atoms with E-state index in [0.717, 1.165) is 13.0 Å². The Labute approximate surface area is 107 Å². The summed E-state index contributed by atoms with van der Waals surface area (Å²) in [6.45, 7) is 4.38. The Kier molecular flexibility index (Phi) is 9.17. The first-order chi connectivity index (χ1) is 8.43. The molecule has 0 radical (unpaired) electrons. The van der Waals surface area contributed by atoms with Crippen molar-refractivity contribution in [3.05, 3.63) is 22.4 Å². The molecule has 0 aliphatic carbocycles. The first-order valence-electron chi connectivity index (χ1n) is 5.88. The fourth-order valence-corrected chi connectivity index (χ4v) is 1.95. The highest BCUT2D eigenvalue weighted by atomic mass is 32.1. The Morgan fingerprint density at radius 2 is 1.59 bits per heavy atom. The first-order valence-corrected chi connectivity index (χ1v) is 6.82. The van der Waals surface area contributed by atoms with Gasteiger partial charge in [0.1, 0.15) is 0 Å². The van der Waals surface area contributed by atoms with Gasteiger partial charge in [0.2, 0.25) is 0 Å². The van der Waals surface area contributed by atoms with E-state index in [1.54, 1.807) is 11.3 Å². The average molecular weight is 259 g/mol. The highest BCUT2D eigenvalue weighted by Crippen LogP contribution is 2.06. The van der Waals surface area contributed by atoms with Gasteiger partial charge in [-0.05, 0) is 28.8 Å². The van der Waals surface area contributed by atoms with E-state index in [4.69, 9.17) is 19.9 Å². The zero-order valence-corrected chi connectivity index (χ0v) is 10.9. The summed E-state index contributed by atoms with van der Waals surface area (Å²) < 4.78 is 16.0. The Balaban J connectivity index is 1.76. The van der Waals surface area contributed by atoms with E-state index in [2.05, 4.69) is 16.8 Å². The second-order valence-electron chi connectivity index (χ2n) is 3.51. The maximum absolute atomic E-state index is 5.45. The van der Waals surface area contributed by atoms with Crippen molar-refractivity contribution in [2.45, 2.75) is 6.42 Å². The molecule has 2 N–H and O–H groups in total. The molecule has 0 saturated carbocycles. The van der Waals surface area contributed by atoms with Crippen LogP contribution in [0, 0.1) is 0 Å². The predicted octanol–water partition coefficient (Wildman–Crippen LogP) is 1.30. The number of thiophene rings is 1. The minimum absolute atomic E-state index is 0.561. The van der Waals surface area contributed by atoms with Crippen LogP contribution in [0.2, 0.25) is 0 Å². The number of hydrogen-bond donors (Lipinski definition) is 1. The van der Waals surface area contributed by atoms with Crippen LogP contribution in [-0.2, 0) is 20.6 Å². The second kappa shape index (κ2) is 10.7. The van der Waals surface area contributed by atoms with Gasteiger partial charge < -0.3 is 19.9 Å². The van der Waals surface area contributed by atoms with E-state index in [0.29, 0.717) is 39.6 Å². The molecule has 1 aromatic heterocycles. The molecule has 0 saturated heterocycles. The average Bonchev–Trinajstić information content (AvgIpc) is 2.85. The van der Waals surface area contributed by atoms with Gasteiger partial charge in [-0.2, -0.15) is 11.3 Å². The Hall–Kier alpha value is -0.460. The summed E-state index contributed by atoms with van der Waals surface area (Å²) in [6.07, 6.45) is 0.975. The lowest BCUT2D eigenvalue weighted by Gasteiger charge is -2.05. The molecule has 0 amide bonds. The van der Waals surface area contributed by atoms with Crippen LogP contribution in [0.1, 0.15) is 5.56 Å². The number of ether oxygens (including phenoxy) is 3. The van der Waals surface area contributed by atoms with E-state index in [1.807, 2.05) is 0 Å². The van der Waals surface area contributed by atoms with Gasteiger partial charge in [-0.3, -0.25) is 0 Å². The molecule has 0 bridgehead atoms. The zero-order valence-electron chi connectivity index (χ0n) is 10.1. The molecule has 0 fully saturated rings. The van der Waals surface area contributed by atoms with Crippen LogP contribution in [0.15, 0.2) is 16.8 Å². The lowest BCUT2D eigenvalue weighted by molar-refractivity contribution is 0.0166. The standard InChI is InChI=1S/C12H21NO3S/c13-3-5-15-7-9-16-8-6-14-4-1-12-2-10-17-11-12/h2,10-11H,1,3-9,13H2. The van der Waals surface area contributed by atoms with E-state index in [9.17, 15) is 0 Å². The van der Waals surface area contributed by atoms with Crippen LogP contribution < -0.4 is 5.73 Å². The van der Waals surface area contributed by atoms with Crippen LogP contribution in [0.3, 0.4) is 0 Å². The number of hydrogen-bond acceptors (Lipinski definition) is 5. The molecule has 1 heterocycles. The van der Waals surface area contributed by atoms with Gasteiger partial charge in [-0.25, -0.2) is 0 Å². The molecule has 0 unspecified atom stereocenters. The first kappa shape index (κ1) is 14.6. The van der Waals surface area contributed by atoms with Crippen molar-refractivity contribution in [2.24, 2.45) is 5.73 Å². The molecule has 4 nitrogen and oxygen atoms in total. The van der Waals surface area contributed by atoms with Gasteiger partial charge in [0.15, 0.2) is 0 Å². The molecular weight excluding hydrogens is 238 g/mol. The van der Waals surface area contributed by atoms with Gasteiger partial charge in [-0.15, -0.1) is 0 Å². The third-order valence-corrected chi connectivity index (χ3v) is 2.85. The Morgan fingerprint density at radius 1 is 0.941 bits per heavy atom. The fraction of sp³-hybridized carbons (Fsp3) is 0.667. The molecule has 1 rings (SSSR count). The van der Waals surface area contributed by atoms with Crippen LogP contribution in [-0.4, -0.2) is 46.2 Å². The maximum Gasteiger partial charge on any atom is 0.0701 e. The van der Waals surface area contributed by atoms with Crippen molar-refractivity contribution in [3.8, 4) is 0 Å². The highest BCUT2D eigenvalue weighted by Gasteiger charge is 1.94. The maximum atomic E-state index is 5.45. The van der Waals surface area contributed by atoms with Crippen molar-refractivity contribution in [3.63, 3.8) is 0 Å². The molecule has 0 atom stereocenters. The van der Waals surface area contributed by atoms with Gasteiger partial charge >= 0.3 is 0 Å². The second-order valence-corrected chi connectivity index (χ2v) is 4.29. The molecule has 98 valence electrons. The van der Waals surface area contributed by atoms with Gasteiger partial charge in [-0.1, -0.05) is 0 Å². The minimum Gasteiger partial charge on any atom is -0.379 e. The highest BCUT2D eigenvalue weighted by molar-refractivity contribution is 7.07. The zero-order chi connectivity index (χ0) is 12.2. The van der Waals surface area contributed by atoms with Crippen molar-refractivity contribution in [1.82, 2.24) is 0 Å². The SMILES string of the molecule is NCCOCCOCCOCCc1ccsc1. The van der Waals surface area contributed by atoms with Gasteiger partial charge in [0.25, 0.3) is 0 Å². The summed E-state index contributed by atoms with van der Waals surface area (Å²) in [5.74, 6) is 0. The number of nitrogens with two attached hydrogens (primary N) is 1. The van der Waals surface area contributed by atoms with Crippen molar-refractivity contribution >= 4 is 11.3 Å². The van der Waals surface area contributed by atoms with Crippen LogP contribution in [0.5, 0.6) is 0 Å². The van der Waals surface area contributed by atoms with Gasteiger partial charge in [0.05, 0.1) is 39.6 Å². The predicted molar refractivity (Wildman–Crippen MR) is 69.5 cm³/mol. The Morgan fingerprint density at radius 3 is 2.18 bits per heavy atom. The smallest absolute Gasteiger partial charge is 0.0701 e. The third-order valence-electron chi connectivity index (χ3n) is 2.12. The van der Waals surface area contributed by atoms with Crippen molar-refractivity contribution in [1.29, 1.82) is 0 Å². The number of rotatable bonds is 11. The lowest BCUT2D eigenvalue weighted by Crippen LogP contribution is -2.13. The van der Waals surface area contributed by atoms with Crippen molar-refractivity contribution in [2.75, 3.05) is 46.2 Å². The molecule has 0 spiro atoms. The van der Waals surface area contributed by atoms with Crippen LogP contribution in [0.25, 0.3) is 0 Å². The molecule has 1 aromatic rings. The molecule has 5 heteroatoms. The minimum atomic E-state index is 0.561.